The van der Waals surface area contributed by atoms with Crippen LogP contribution in [-0.2, 0) is 7.05 Å². The number of likely N-dealkylation sites (tertiary alicyclic amines) is 1. The highest BCUT2D eigenvalue weighted by molar-refractivity contribution is 5.60. The molecule has 0 aliphatic carbocycles. The van der Waals surface area contributed by atoms with Gasteiger partial charge in [-0.05, 0) is 25.9 Å². The summed E-state index contributed by atoms with van der Waals surface area (Å²) in [4.78, 5) is 27.5. The van der Waals surface area contributed by atoms with E-state index in [0.29, 0.717) is 6.54 Å². The molecule has 4 N–H and O–H groups in total. The van der Waals surface area contributed by atoms with Crippen molar-refractivity contribution in [1.82, 2.24) is 14.5 Å². The summed E-state index contributed by atoms with van der Waals surface area (Å²) in [6.07, 6.45) is 2.48. The third-order valence-corrected chi connectivity index (χ3v) is 3.30. The van der Waals surface area contributed by atoms with E-state index in [1.807, 2.05) is 0 Å². The van der Waals surface area contributed by atoms with Crippen LogP contribution in [0.15, 0.2) is 9.59 Å². The lowest BCUT2D eigenvalue weighted by Gasteiger charge is -2.16. The Morgan fingerprint density at radius 3 is 2.67 bits per heavy atom. The summed E-state index contributed by atoms with van der Waals surface area (Å²) in [7, 11) is 1.53. The van der Waals surface area contributed by atoms with Crippen LogP contribution in [-0.4, -0.2) is 40.6 Å². The molecule has 100 valence electrons. The number of H-pyrrole nitrogens is 1. The lowest BCUT2D eigenvalue weighted by Crippen LogP contribution is -2.34. The van der Waals surface area contributed by atoms with E-state index in [9.17, 15) is 9.59 Å². The van der Waals surface area contributed by atoms with Gasteiger partial charge in [-0.2, -0.15) is 0 Å². The highest BCUT2D eigenvalue weighted by Gasteiger charge is 2.12. The molecule has 7 heteroatoms. The van der Waals surface area contributed by atoms with Crippen molar-refractivity contribution < 1.29 is 0 Å². The second kappa shape index (κ2) is 5.26. The first-order chi connectivity index (χ1) is 8.59. The number of nitrogens with zero attached hydrogens (tertiary/aromatic N) is 2. The molecule has 1 aliphatic heterocycles. The van der Waals surface area contributed by atoms with Gasteiger partial charge in [0, 0.05) is 20.1 Å². The molecule has 0 atom stereocenters. The highest BCUT2D eigenvalue weighted by Crippen LogP contribution is 2.09. The first-order valence-corrected chi connectivity index (χ1v) is 6.14. The molecular weight excluding hydrogens is 234 g/mol. The first kappa shape index (κ1) is 12.7. The van der Waals surface area contributed by atoms with Crippen LogP contribution in [0.5, 0.6) is 0 Å². The van der Waals surface area contributed by atoms with Crippen LogP contribution < -0.4 is 22.3 Å². The van der Waals surface area contributed by atoms with E-state index >= 15 is 0 Å². The van der Waals surface area contributed by atoms with Gasteiger partial charge >= 0.3 is 5.69 Å². The van der Waals surface area contributed by atoms with Crippen LogP contribution in [0, 0.1) is 0 Å². The van der Waals surface area contributed by atoms with Gasteiger partial charge in [0.05, 0.1) is 0 Å². The first-order valence-electron chi connectivity index (χ1n) is 6.14. The average Bonchev–Trinajstić information content (AvgIpc) is 2.84. The fraction of sp³-hybridized carbons (Fsp3) is 0.636. The van der Waals surface area contributed by atoms with Crippen LogP contribution in [0.3, 0.4) is 0 Å². The van der Waals surface area contributed by atoms with Crippen molar-refractivity contribution >= 4 is 11.5 Å². The second-order valence-corrected chi connectivity index (χ2v) is 4.55. The van der Waals surface area contributed by atoms with Crippen molar-refractivity contribution in [2.45, 2.75) is 12.8 Å². The molecule has 0 saturated carbocycles. The Hall–Kier alpha value is -1.76. The van der Waals surface area contributed by atoms with Gasteiger partial charge in [0.15, 0.2) is 0 Å². The SMILES string of the molecule is Cn1c(N)c(NCCN2CCCC2)c(=O)[nH]c1=O. The topological polar surface area (TPSA) is 96.2 Å². The zero-order valence-corrected chi connectivity index (χ0v) is 10.5. The summed E-state index contributed by atoms with van der Waals surface area (Å²) in [5.74, 6) is 0.171. The van der Waals surface area contributed by atoms with E-state index in [2.05, 4.69) is 15.2 Å². The van der Waals surface area contributed by atoms with Crippen LogP contribution in [0.25, 0.3) is 0 Å². The largest absolute Gasteiger partial charge is 0.383 e. The van der Waals surface area contributed by atoms with Crippen molar-refractivity contribution in [3.8, 4) is 0 Å². The molecule has 1 saturated heterocycles. The average molecular weight is 253 g/mol. The monoisotopic (exact) mass is 253 g/mol. The lowest BCUT2D eigenvalue weighted by atomic mass is 10.4. The number of nitrogens with two attached hydrogens (primary N) is 1. The van der Waals surface area contributed by atoms with Gasteiger partial charge in [0.2, 0.25) is 0 Å². The Balaban J connectivity index is 2.03. The Morgan fingerprint density at radius 1 is 1.33 bits per heavy atom. The van der Waals surface area contributed by atoms with E-state index in [1.165, 1.54) is 24.5 Å². The molecule has 18 heavy (non-hydrogen) atoms. The van der Waals surface area contributed by atoms with Crippen LogP contribution in [0.1, 0.15) is 12.8 Å². The van der Waals surface area contributed by atoms with E-state index in [1.54, 1.807) is 0 Å². The maximum absolute atomic E-state index is 11.6. The molecule has 2 rings (SSSR count). The standard InChI is InChI=1S/C11H19N5O2/c1-15-9(12)8(10(17)14-11(15)18)13-4-7-16-5-2-3-6-16/h13H,2-7,12H2,1H3,(H,14,17,18). The molecular formula is C11H19N5O2. The molecule has 0 aromatic carbocycles. The molecule has 2 heterocycles. The smallest absolute Gasteiger partial charge is 0.329 e. The predicted octanol–water partition coefficient (Wildman–Crippen LogP) is -0.836. The van der Waals surface area contributed by atoms with Crippen molar-refractivity contribution in [2.24, 2.45) is 7.05 Å². The molecule has 1 aromatic rings. The quantitative estimate of drug-likeness (QED) is 0.650. The number of hydrogen-bond acceptors (Lipinski definition) is 5. The summed E-state index contributed by atoms with van der Waals surface area (Å²) in [6.45, 7) is 3.74. The molecule has 0 radical (unpaired) electrons. The Morgan fingerprint density at radius 2 is 2.00 bits per heavy atom. The molecule has 1 aliphatic rings. The van der Waals surface area contributed by atoms with Crippen molar-refractivity contribution in [3.05, 3.63) is 20.8 Å². The van der Waals surface area contributed by atoms with Gasteiger partial charge in [-0.3, -0.25) is 14.3 Å². The molecule has 1 fully saturated rings. The van der Waals surface area contributed by atoms with E-state index in [-0.39, 0.29) is 11.5 Å². The number of nitrogens with one attached hydrogen (secondary N) is 2. The van der Waals surface area contributed by atoms with Crippen LogP contribution >= 0.6 is 0 Å². The summed E-state index contributed by atoms with van der Waals surface area (Å²) >= 11 is 0. The maximum atomic E-state index is 11.6. The maximum Gasteiger partial charge on any atom is 0.329 e. The molecule has 0 spiro atoms. The number of aromatic amines is 1. The van der Waals surface area contributed by atoms with Gasteiger partial charge in [0.1, 0.15) is 11.5 Å². The Labute approximate surface area is 105 Å². The summed E-state index contributed by atoms with van der Waals surface area (Å²) < 4.78 is 1.22. The van der Waals surface area contributed by atoms with Gasteiger partial charge < -0.3 is 16.0 Å². The normalized spacial score (nSPS) is 16.1. The fourth-order valence-corrected chi connectivity index (χ4v) is 2.15. The fourth-order valence-electron chi connectivity index (χ4n) is 2.15. The van der Waals surface area contributed by atoms with Gasteiger partial charge in [0.25, 0.3) is 5.56 Å². The zero-order chi connectivity index (χ0) is 13.1. The minimum absolute atomic E-state index is 0.171. The summed E-state index contributed by atoms with van der Waals surface area (Å²) in [5.41, 5.74) is 5.06. The van der Waals surface area contributed by atoms with Gasteiger partial charge in [-0.1, -0.05) is 0 Å². The van der Waals surface area contributed by atoms with Crippen molar-refractivity contribution in [1.29, 1.82) is 0 Å². The third-order valence-electron chi connectivity index (χ3n) is 3.30. The Bertz CT molecular complexity index is 527. The molecule has 1 aromatic heterocycles. The summed E-state index contributed by atoms with van der Waals surface area (Å²) in [5, 5.41) is 3.01. The number of hydrogen-bond donors (Lipinski definition) is 3. The summed E-state index contributed by atoms with van der Waals surface area (Å²) in [6, 6.07) is 0. The van der Waals surface area contributed by atoms with E-state index < -0.39 is 11.2 Å². The van der Waals surface area contributed by atoms with Gasteiger partial charge in [-0.15, -0.1) is 0 Å². The third kappa shape index (κ3) is 2.56. The lowest BCUT2D eigenvalue weighted by molar-refractivity contribution is 0.352. The van der Waals surface area contributed by atoms with Crippen molar-refractivity contribution in [3.63, 3.8) is 0 Å². The van der Waals surface area contributed by atoms with E-state index in [4.69, 9.17) is 5.73 Å². The zero-order valence-electron chi connectivity index (χ0n) is 10.5. The number of anilines is 2. The number of aromatic nitrogens is 2. The second-order valence-electron chi connectivity index (χ2n) is 4.55. The van der Waals surface area contributed by atoms with Crippen LogP contribution in [0.4, 0.5) is 11.5 Å². The Kier molecular flexibility index (Phi) is 3.71. The minimum Gasteiger partial charge on any atom is -0.383 e. The molecule has 7 nitrogen and oxygen atoms in total. The number of nitrogen functional groups attached to an aromatic ring is 1. The van der Waals surface area contributed by atoms with Crippen LogP contribution in [0.2, 0.25) is 0 Å². The van der Waals surface area contributed by atoms with Crippen molar-refractivity contribution in [2.75, 3.05) is 37.2 Å². The van der Waals surface area contributed by atoms with E-state index in [0.717, 1.165) is 19.6 Å². The van der Waals surface area contributed by atoms with Gasteiger partial charge in [-0.25, -0.2) is 4.79 Å². The molecule has 0 unspecified atom stereocenters. The minimum atomic E-state index is -0.498. The molecule has 0 bridgehead atoms. The number of rotatable bonds is 4. The predicted molar refractivity (Wildman–Crippen MR) is 70.9 cm³/mol. The highest BCUT2D eigenvalue weighted by atomic mass is 16.2. The molecule has 0 amide bonds.